The largest absolute Gasteiger partial charge is 0.305 e. The van der Waals surface area contributed by atoms with E-state index in [2.05, 4.69) is 49.0 Å². The Morgan fingerprint density at radius 3 is 2.77 bits per heavy atom. The van der Waals surface area contributed by atoms with Gasteiger partial charge in [0.05, 0.1) is 22.5 Å². The third-order valence-electron chi connectivity index (χ3n) is 3.92. The van der Waals surface area contributed by atoms with Gasteiger partial charge in [0.25, 0.3) is 5.91 Å². The fourth-order valence-electron chi connectivity index (χ4n) is 2.81. The molecule has 0 radical (unpaired) electrons. The average Bonchev–Trinajstić information content (AvgIpc) is 2.94. The molecule has 3 aromatic rings. The Labute approximate surface area is 161 Å². The molecule has 5 heteroatoms. The van der Waals surface area contributed by atoms with Crippen LogP contribution < -0.4 is 4.80 Å². The zero-order valence-corrected chi connectivity index (χ0v) is 16.5. The maximum atomic E-state index is 12.3. The number of aryl methyl sites for hydroxylation is 2. The Balaban J connectivity index is 1.84. The lowest BCUT2D eigenvalue weighted by atomic mass is 10.1. The van der Waals surface area contributed by atoms with E-state index in [9.17, 15) is 4.79 Å². The first-order chi connectivity index (χ1) is 12.6. The maximum Gasteiger partial charge on any atom is 0.258 e. The summed E-state index contributed by atoms with van der Waals surface area (Å²) in [7, 11) is 0. The number of hydrogen-bond donors (Lipinski definition) is 0. The molecule has 0 saturated carbocycles. The lowest BCUT2D eigenvalue weighted by Gasteiger charge is -2.03. The van der Waals surface area contributed by atoms with Crippen molar-refractivity contribution in [1.82, 2.24) is 4.57 Å². The molecule has 3 nitrogen and oxygen atoms in total. The third-order valence-corrected chi connectivity index (χ3v) is 6.14. The van der Waals surface area contributed by atoms with Crippen molar-refractivity contribution in [2.24, 2.45) is 4.99 Å². The SMILES string of the molecule is C#CCn1c(=NC(=O)CSCc2ccccc2)sc2c(C)cc(C)cc21. The van der Waals surface area contributed by atoms with E-state index in [-0.39, 0.29) is 5.91 Å². The van der Waals surface area contributed by atoms with Crippen molar-refractivity contribution in [2.45, 2.75) is 26.1 Å². The second kappa shape index (κ2) is 8.39. The van der Waals surface area contributed by atoms with E-state index < -0.39 is 0 Å². The van der Waals surface area contributed by atoms with Crippen LogP contribution in [0.4, 0.5) is 0 Å². The van der Waals surface area contributed by atoms with Gasteiger partial charge in [0, 0.05) is 5.75 Å². The molecule has 0 atom stereocenters. The molecule has 0 unspecified atom stereocenters. The number of benzene rings is 2. The second-order valence-corrected chi connectivity index (χ2v) is 8.05. The van der Waals surface area contributed by atoms with Crippen molar-refractivity contribution >= 4 is 39.2 Å². The van der Waals surface area contributed by atoms with Crippen molar-refractivity contribution in [3.63, 3.8) is 0 Å². The summed E-state index contributed by atoms with van der Waals surface area (Å²) >= 11 is 3.11. The minimum Gasteiger partial charge on any atom is -0.305 e. The summed E-state index contributed by atoms with van der Waals surface area (Å²) in [5.74, 6) is 3.71. The van der Waals surface area contributed by atoms with E-state index in [0.29, 0.717) is 17.1 Å². The first kappa shape index (κ1) is 18.5. The molecule has 1 heterocycles. The van der Waals surface area contributed by atoms with Crippen LogP contribution in [-0.2, 0) is 17.1 Å². The predicted octanol–water partition coefficient (Wildman–Crippen LogP) is 4.31. The third kappa shape index (κ3) is 4.27. The standard InChI is InChI=1S/C21H20N2OS2/c1-4-10-23-18-12-15(2)11-16(3)20(18)26-21(23)22-19(24)14-25-13-17-8-6-5-7-9-17/h1,5-9,11-12H,10,13-14H2,2-3H3. The van der Waals surface area contributed by atoms with Crippen LogP contribution in [0, 0.1) is 26.2 Å². The average molecular weight is 381 g/mol. The van der Waals surface area contributed by atoms with Crippen molar-refractivity contribution in [3.05, 3.63) is 64.0 Å². The van der Waals surface area contributed by atoms with Crippen LogP contribution in [-0.4, -0.2) is 16.2 Å². The normalized spacial score (nSPS) is 11.7. The lowest BCUT2D eigenvalue weighted by Crippen LogP contribution is -2.17. The molecular weight excluding hydrogens is 360 g/mol. The van der Waals surface area contributed by atoms with Gasteiger partial charge in [-0.15, -0.1) is 18.2 Å². The summed E-state index contributed by atoms with van der Waals surface area (Å²) in [6.07, 6.45) is 5.53. The number of carbonyl (C=O) groups excluding carboxylic acids is 1. The molecule has 3 rings (SSSR count). The number of rotatable bonds is 5. The zero-order chi connectivity index (χ0) is 18.5. The smallest absolute Gasteiger partial charge is 0.258 e. The quantitative estimate of drug-likeness (QED) is 0.618. The number of carbonyl (C=O) groups is 1. The van der Waals surface area contributed by atoms with Crippen LogP contribution in [0.1, 0.15) is 16.7 Å². The maximum absolute atomic E-state index is 12.3. The second-order valence-electron chi connectivity index (χ2n) is 6.09. The topological polar surface area (TPSA) is 34.4 Å². The lowest BCUT2D eigenvalue weighted by molar-refractivity contribution is -0.115. The van der Waals surface area contributed by atoms with Crippen LogP contribution in [0.25, 0.3) is 10.2 Å². The molecule has 1 amide bonds. The highest BCUT2D eigenvalue weighted by atomic mass is 32.2. The zero-order valence-electron chi connectivity index (χ0n) is 14.9. The highest BCUT2D eigenvalue weighted by Crippen LogP contribution is 2.23. The Kier molecular flexibility index (Phi) is 5.97. The fraction of sp³-hybridized carbons (Fsp3) is 0.238. The van der Waals surface area contributed by atoms with Gasteiger partial charge in [0.15, 0.2) is 4.80 Å². The molecule has 26 heavy (non-hydrogen) atoms. The summed E-state index contributed by atoms with van der Waals surface area (Å²) in [6.45, 7) is 4.55. The van der Waals surface area contributed by atoms with Crippen LogP contribution in [0.2, 0.25) is 0 Å². The highest BCUT2D eigenvalue weighted by Gasteiger charge is 2.10. The number of thiazole rings is 1. The van der Waals surface area contributed by atoms with Gasteiger partial charge in [-0.05, 0) is 36.6 Å². The number of aromatic nitrogens is 1. The van der Waals surface area contributed by atoms with E-state index in [1.807, 2.05) is 22.8 Å². The molecule has 0 spiro atoms. The Hall–Kier alpha value is -2.29. The number of hydrogen-bond acceptors (Lipinski definition) is 3. The van der Waals surface area contributed by atoms with Crippen LogP contribution in [0.15, 0.2) is 47.5 Å². The highest BCUT2D eigenvalue weighted by molar-refractivity contribution is 7.99. The van der Waals surface area contributed by atoms with E-state index in [1.165, 1.54) is 28.0 Å². The fourth-order valence-corrected chi connectivity index (χ4v) is 4.68. The number of terminal acetylenes is 1. The van der Waals surface area contributed by atoms with Gasteiger partial charge in [-0.3, -0.25) is 4.79 Å². The van der Waals surface area contributed by atoms with Crippen LogP contribution in [0.3, 0.4) is 0 Å². The van der Waals surface area contributed by atoms with Crippen LogP contribution in [0.5, 0.6) is 0 Å². The first-order valence-electron chi connectivity index (χ1n) is 8.32. The predicted molar refractivity (Wildman–Crippen MR) is 111 cm³/mol. The summed E-state index contributed by atoms with van der Waals surface area (Å²) in [5.41, 5.74) is 4.62. The van der Waals surface area contributed by atoms with E-state index >= 15 is 0 Å². The molecule has 0 aliphatic heterocycles. The van der Waals surface area contributed by atoms with Gasteiger partial charge >= 0.3 is 0 Å². The first-order valence-corrected chi connectivity index (χ1v) is 10.3. The molecule has 0 bridgehead atoms. The van der Waals surface area contributed by atoms with Gasteiger partial charge in [-0.25, -0.2) is 0 Å². The minimum absolute atomic E-state index is 0.127. The number of nitrogens with zero attached hydrogens (tertiary/aromatic N) is 2. The van der Waals surface area contributed by atoms with Crippen molar-refractivity contribution in [2.75, 3.05) is 5.75 Å². The molecular formula is C21H20N2OS2. The van der Waals surface area contributed by atoms with Gasteiger partial charge in [0.1, 0.15) is 0 Å². The van der Waals surface area contributed by atoms with Crippen molar-refractivity contribution < 1.29 is 4.79 Å². The van der Waals surface area contributed by atoms with Crippen molar-refractivity contribution in [3.8, 4) is 12.3 Å². The molecule has 2 aromatic carbocycles. The Morgan fingerprint density at radius 2 is 2.04 bits per heavy atom. The molecule has 0 saturated heterocycles. The molecule has 0 fully saturated rings. The minimum atomic E-state index is -0.127. The molecule has 132 valence electrons. The molecule has 0 aliphatic rings. The van der Waals surface area contributed by atoms with E-state index in [4.69, 9.17) is 6.42 Å². The number of fused-ring (bicyclic) bond motifs is 1. The van der Waals surface area contributed by atoms with Gasteiger partial charge in [0.2, 0.25) is 0 Å². The molecule has 1 aromatic heterocycles. The summed E-state index contributed by atoms with van der Waals surface area (Å²) in [6, 6.07) is 14.4. The van der Waals surface area contributed by atoms with Gasteiger partial charge < -0.3 is 4.57 Å². The van der Waals surface area contributed by atoms with E-state index in [0.717, 1.165) is 16.0 Å². The Bertz CT molecular complexity index is 1040. The number of thioether (sulfide) groups is 1. The van der Waals surface area contributed by atoms with Crippen molar-refractivity contribution in [1.29, 1.82) is 0 Å². The van der Waals surface area contributed by atoms with Gasteiger partial charge in [-0.1, -0.05) is 53.7 Å². The molecule has 0 N–H and O–H groups in total. The van der Waals surface area contributed by atoms with E-state index in [1.54, 1.807) is 11.8 Å². The number of amides is 1. The summed E-state index contributed by atoms with van der Waals surface area (Å²) in [5, 5.41) is 0. The summed E-state index contributed by atoms with van der Waals surface area (Å²) in [4.78, 5) is 17.4. The Morgan fingerprint density at radius 1 is 1.27 bits per heavy atom. The molecule has 0 aliphatic carbocycles. The summed E-state index contributed by atoms with van der Waals surface area (Å²) < 4.78 is 3.09. The van der Waals surface area contributed by atoms with Gasteiger partial charge in [-0.2, -0.15) is 4.99 Å². The van der Waals surface area contributed by atoms with Crippen LogP contribution >= 0.6 is 23.1 Å². The monoisotopic (exact) mass is 380 g/mol.